The van der Waals surface area contributed by atoms with E-state index in [0.29, 0.717) is 11.1 Å². The smallest absolute Gasteiger partial charge is 0.410 e. The van der Waals surface area contributed by atoms with Crippen molar-refractivity contribution in [2.24, 2.45) is 0 Å². The second-order valence-corrected chi connectivity index (χ2v) is 9.63. The molecule has 1 atom stereocenters. The molecule has 162 valence electrons. The van der Waals surface area contributed by atoms with Gasteiger partial charge in [-0.3, -0.25) is 4.90 Å². The molecule has 0 aromatic heterocycles. The van der Waals surface area contributed by atoms with E-state index in [9.17, 15) is 19.5 Å². The van der Waals surface area contributed by atoms with Gasteiger partial charge < -0.3 is 14.6 Å². The van der Waals surface area contributed by atoms with Gasteiger partial charge in [-0.1, -0.05) is 26.0 Å². The minimum atomic E-state index is -1.18. The number of nitrogens with zero attached hydrogens (tertiary/aromatic N) is 1. The number of rotatable bonds is 5. The SMILES string of the molecule is CN(C(=O)OC(C)(C)C)C(C(=O)O)C(C)(C)c1ccc(C(=O)OC(C)(C)C)cc1. The molecule has 1 N–H and O–H groups in total. The molecule has 0 spiro atoms. The molecule has 0 saturated carbocycles. The van der Waals surface area contributed by atoms with Crippen molar-refractivity contribution in [3.63, 3.8) is 0 Å². The molecule has 1 unspecified atom stereocenters. The zero-order valence-corrected chi connectivity index (χ0v) is 18.8. The Morgan fingerprint density at radius 2 is 1.31 bits per heavy atom. The summed E-state index contributed by atoms with van der Waals surface area (Å²) < 4.78 is 10.7. The molecule has 29 heavy (non-hydrogen) atoms. The minimum Gasteiger partial charge on any atom is -0.480 e. The fourth-order valence-corrected chi connectivity index (χ4v) is 2.93. The summed E-state index contributed by atoms with van der Waals surface area (Å²) in [7, 11) is 1.41. The average molecular weight is 408 g/mol. The second-order valence-electron chi connectivity index (χ2n) is 9.63. The van der Waals surface area contributed by atoms with Gasteiger partial charge in [0.25, 0.3) is 0 Å². The molecule has 1 amide bonds. The number of esters is 1. The lowest BCUT2D eigenvalue weighted by atomic mass is 9.77. The predicted molar refractivity (Wildman–Crippen MR) is 110 cm³/mol. The van der Waals surface area contributed by atoms with E-state index in [2.05, 4.69) is 0 Å². The molecule has 0 aliphatic rings. The molecule has 7 heteroatoms. The molecule has 1 aromatic rings. The van der Waals surface area contributed by atoms with Gasteiger partial charge in [0, 0.05) is 12.5 Å². The number of carboxylic acids is 1. The first-order valence-electron chi connectivity index (χ1n) is 9.48. The van der Waals surface area contributed by atoms with Crippen molar-refractivity contribution in [1.29, 1.82) is 0 Å². The van der Waals surface area contributed by atoms with Crippen molar-refractivity contribution in [2.75, 3.05) is 7.05 Å². The number of carbonyl (C=O) groups excluding carboxylic acids is 2. The second kappa shape index (κ2) is 8.43. The number of carbonyl (C=O) groups is 3. The van der Waals surface area contributed by atoms with Crippen LogP contribution < -0.4 is 0 Å². The maximum absolute atomic E-state index is 12.4. The molecule has 7 nitrogen and oxygen atoms in total. The zero-order valence-electron chi connectivity index (χ0n) is 18.8. The van der Waals surface area contributed by atoms with Gasteiger partial charge in [-0.25, -0.2) is 14.4 Å². The summed E-state index contributed by atoms with van der Waals surface area (Å²) in [4.78, 5) is 37.8. The maximum atomic E-state index is 12.4. The van der Waals surface area contributed by atoms with Gasteiger partial charge in [0.2, 0.25) is 0 Å². The van der Waals surface area contributed by atoms with Gasteiger partial charge in [-0.05, 0) is 59.2 Å². The van der Waals surface area contributed by atoms with E-state index in [0.717, 1.165) is 4.90 Å². The van der Waals surface area contributed by atoms with Crippen molar-refractivity contribution in [2.45, 2.75) is 78.0 Å². The molecular formula is C22H33NO6. The first-order chi connectivity index (χ1) is 13.0. The maximum Gasteiger partial charge on any atom is 0.410 e. The van der Waals surface area contributed by atoms with E-state index in [1.54, 1.807) is 79.7 Å². The van der Waals surface area contributed by atoms with E-state index in [4.69, 9.17) is 9.47 Å². The highest BCUT2D eigenvalue weighted by atomic mass is 16.6. The van der Waals surface area contributed by atoms with Crippen LogP contribution in [0.5, 0.6) is 0 Å². The normalized spacial score (nSPS) is 13.4. The number of carboxylic acid groups (broad SMARTS) is 1. The van der Waals surface area contributed by atoms with Crippen molar-refractivity contribution >= 4 is 18.0 Å². The first-order valence-corrected chi connectivity index (χ1v) is 9.48. The standard InChI is InChI=1S/C22H33NO6/c1-20(2,3)28-18(26)14-10-12-15(13-11-14)22(7,8)16(17(24)25)23(9)19(27)29-21(4,5)6/h10-13,16H,1-9H3,(H,24,25). The van der Waals surface area contributed by atoms with Gasteiger partial charge >= 0.3 is 18.0 Å². The van der Waals surface area contributed by atoms with Gasteiger partial charge in [-0.15, -0.1) is 0 Å². The molecular weight excluding hydrogens is 374 g/mol. The Bertz CT molecular complexity index is 753. The Labute approximate surface area is 173 Å². The van der Waals surface area contributed by atoms with E-state index >= 15 is 0 Å². The van der Waals surface area contributed by atoms with Crippen LogP contribution in [0.25, 0.3) is 0 Å². The number of aliphatic carboxylic acids is 1. The van der Waals surface area contributed by atoms with E-state index in [1.165, 1.54) is 7.05 Å². The molecule has 0 saturated heterocycles. The molecule has 0 bridgehead atoms. The molecule has 0 radical (unpaired) electrons. The summed E-state index contributed by atoms with van der Waals surface area (Å²) in [5.74, 6) is -1.61. The number of hydrogen-bond acceptors (Lipinski definition) is 5. The number of hydrogen-bond donors (Lipinski definition) is 1. The van der Waals surface area contributed by atoms with Gasteiger partial charge in [0.05, 0.1) is 5.56 Å². The Balaban J connectivity index is 3.17. The van der Waals surface area contributed by atoms with Crippen LogP contribution in [-0.4, -0.2) is 52.3 Å². The van der Waals surface area contributed by atoms with Crippen LogP contribution in [0.3, 0.4) is 0 Å². The fourth-order valence-electron chi connectivity index (χ4n) is 2.93. The third kappa shape index (κ3) is 6.76. The highest BCUT2D eigenvalue weighted by Crippen LogP contribution is 2.31. The van der Waals surface area contributed by atoms with E-state index in [1.807, 2.05) is 0 Å². The molecule has 1 rings (SSSR count). The highest BCUT2D eigenvalue weighted by molar-refractivity contribution is 5.89. The monoisotopic (exact) mass is 407 g/mol. The summed E-state index contributed by atoms with van der Waals surface area (Å²) >= 11 is 0. The third-order valence-corrected chi connectivity index (χ3v) is 4.25. The van der Waals surface area contributed by atoms with Crippen LogP contribution in [0.2, 0.25) is 0 Å². The van der Waals surface area contributed by atoms with Crippen molar-refractivity contribution in [3.05, 3.63) is 35.4 Å². The van der Waals surface area contributed by atoms with Crippen LogP contribution in [0, 0.1) is 0 Å². The number of ether oxygens (including phenoxy) is 2. The minimum absolute atomic E-state index is 0.367. The summed E-state index contributed by atoms with van der Waals surface area (Å²) in [6.07, 6.45) is -0.719. The van der Waals surface area contributed by atoms with Gasteiger partial charge in [0.1, 0.15) is 17.2 Å². The van der Waals surface area contributed by atoms with Crippen LogP contribution in [0.4, 0.5) is 4.79 Å². The van der Waals surface area contributed by atoms with Crippen molar-refractivity contribution in [3.8, 4) is 0 Å². The predicted octanol–water partition coefficient (Wildman–Crippen LogP) is 4.24. The molecule has 0 aliphatic heterocycles. The number of likely N-dealkylation sites (N-methyl/N-ethyl adjacent to an activating group) is 1. The molecule has 0 heterocycles. The molecule has 0 fully saturated rings. The molecule has 1 aromatic carbocycles. The number of amides is 1. The van der Waals surface area contributed by atoms with Crippen LogP contribution >= 0.6 is 0 Å². The summed E-state index contributed by atoms with van der Waals surface area (Å²) in [5.41, 5.74) is -1.28. The topological polar surface area (TPSA) is 93.1 Å². The lowest BCUT2D eigenvalue weighted by Crippen LogP contribution is -2.54. The Morgan fingerprint density at radius 1 is 0.862 bits per heavy atom. The average Bonchev–Trinajstić information content (AvgIpc) is 2.51. The third-order valence-electron chi connectivity index (χ3n) is 4.25. The Kier molecular flexibility index (Phi) is 7.11. The van der Waals surface area contributed by atoms with Crippen LogP contribution in [-0.2, 0) is 19.7 Å². The van der Waals surface area contributed by atoms with Crippen molar-refractivity contribution in [1.82, 2.24) is 4.90 Å². The summed E-state index contributed by atoms with van der Waals surface area (Å²) in [5, 5.41) is 9.83. The van der Waals surface area contributed by atoms with E-state index < -0.39 is 40.7 Å². The first kappa shape index (κ1) is 24.5. The Morgan fingerprint density at radius 3 is 1.69 bits per heavy atom. The lowest BCUT2D eigenvalue weighted by molar-refractivity contribution is -0.145. The van der Waals surface area contributed by atoms with Crippen LogP contribution in [0.15, 0.2) is 24.3 Å². The fraction of sp³-hybridized carbons (Fsp3) is 0.591. The molecule has 0 aliphatic carbocycles. The number of benzene rings is 1. The van der Waals surface area contributed by atoms with Gasteiger partial charge in [-0.2, -0.15) is 0 Å². The summed E-state index contributed by atoms with van der Waals surface area (Å²) in [6, 6.07) is 5.37. The zero-order chi connectivity index (χ0) is 22.8. The Hall–Kier alpha value is -2.57. The van der Waals surface area contributed by atoms with Crippen molar-refractivity contribution < 1.29 is 29.0 Å². The largest absolute Gasteiger partial charge is 0.480 e. The van der Waals surface area contributed by atoms with Gasteiger partial charge in [0.15, 0.2) is 0 Å². The van der Waals surface area contributed by atoms with E-state index in [-0.39, 0.29) is 0 Å². The highest BCUT2D eigenvalue weighted by Gasteiger charge is 2.43. The summed E-state index contributed by atoms with van der Waals surface area (Å²) in [6.45, 7) is 14.0. The lowest BCUT2D eigenvalue weighted by Gasteiger charge is -2.38. The van der Waals surface area contributed by atoms with Crippen LogP contribution in [0.1, 0.15) is 71.3 Å². The quantitative estimate of drug-likeness (QED) is 0.734.